The maximum absolute atomic E-state index is 14.2. The van der Waals surface area contributed by atoms with Gasteiger partial charge in [-0.1, -0.05) is 31.2 Å². The molecule has 7 nitrogen and oxygen atoms in total. The average molecular weight is 651 g/mol. The van der Waals surface area contributed by atoms with Crippen molar-refractivity contribution in [2.75, 3.05) is 37.0 Å². The lowest BCUT2D eigenvalue weighted by Crippen LogP contribution is -2.47. The molecule has 0 N–H and O–H groups in total. The quantitative estimate of drug-likeness (QED) is 0.281. The van der Waals surface area contributed by atoms with Crippen LogP contribution in [0.1, 0.15) is 55.7 Å². The Morgan fingerprint density at radius 1 is 0.907 bits per heavy atom. The van der Waals surface area contributed by atoms with Crippen molar-refractivity contribution in [3.63, 3.8) is 0 Å². The number of benzene rings is 3. The van der Waals surface area contributed by atoms with Gasteiger partial charge in [-0.15, -0.1) is 12.4 Å². The smallest absolute Gasteiger partial charge is 0.224 e. The van der Waals surface area contributed by atoms with E-state index in [1.165, 1.54) is 24.6 Å². The molecule has 0 aromatic heterocycles. The summed E-state index contributed by atoms with van der Waals surface area (Å²) >= 11 is 0. The minimum Gasteiger partial charge on any atom is -0.309 e. The van der Waals surface area contributed by atoms with E-state index >= 15 is 0 Å². The minimum atomic E-state index is -3.35. The largest absolute Gasteiger partial charge is 0.309 e. The van der Waals surface area contributed by atoms with Crippen LogP contribution in [0, 0.1) is 5.82 Å². The van der Waals surface area contributed by atoms with Crippen LogP contribution in [0.5, 0.6) is 0 Å². The molecule has 0 radical (unpaired) electrons. The summed E-state index contributed by atoms with van der Waals surface area (Å²) in [6.07, 6.45) is 5.22. The number of hydrogen-bond donors (Lipinski definition) is 0. The monoisotopic (exact) mass is 650 g/mol. The number of carbonyl (C=O) groups is 1. The van der Waals surface area contributed by atoms with E-state index in [1.54, 1.807) is 43.3 Å². The fourth-order valence-corrected chi connectivity index (χ4v) is 7.15. The van der Waals surface area contributed by atoms with Crippen LogP contribution in [0.25, 0.3) is 0 Å². The molecule has 0 bridgehead atoms. The molecule has 43 heavy (non-hydrogen) atoms. The van der Waals surface area contributed by atoms with Gasteiger partial charge in [0.25, 0.3) is 0 Å². The average Bonchev–Trinajstić information content (AvgIpc) is 2.93. The molecule has 0 spiro atoms. The summed E-state index contributed by atoms with van der Waals surface area (Å²) in [5.74, 6) is -0.494. The van der Waals surface area contributed by atoms with E-state index in [1.807, 2.05) is 30.0 Å². The van der Waals surface area contributed by atoms with Crippen LogP contribution in [0.15, 0.2) is 76.5 Å². The summed E-state index contributed by atoms with van der Waals surface area (Å²) in [7, 11) is -6.67. The summed E-state index contributed by atoms with van der Waals surface area (Å²) in [5.41, 5.74) is 3.36. The molecule has 1 heterocycles. The van der Waals surface area contributed by atoms with E-state index < -0.39 is 19.7 Å². The number of rotatable bonds is 10. The lowest BCUT2D eigenvalue weighted by atomic mass is 9.88. The number of amides is 1. The molecule has 11 heteroatoms. The van der Waals surface area contributed by atoms with Gasteiger partial charge in [0.15, 0.2) is 19.7 Å². The van der Waals surface area contributed by atoms with Crippen LogP contribution in [0.2, 0.25) is 0 Å². The molecule has 1 aliphatic heterocycles. The zero-order valence-corrected chi connectivity index (χ0v) is 27.4. The van der Waals surface area contributed by atoms with Gasteiger partial charge >= 0.3 is 0 Å². The molecule has 1 fully saturated rings. The molecule has 3 aromatic carbocycles. The number of aryl methyl sites for hydroxylation is 1. The maximum Gasteiger partial charge on any atom is 0.224 e. The number of likely N-dealkylation sites (tertiary alicyclic amines) is 1. The number of piperidine rings is 1. The third-order valence-corrected chi connectivity index (χ3v) is 10.3. The van der Waals surface area contributed by atoms with E-state index in [9.17, 15) is 26.0 Å². The molecular weight excluding hydrogens is 611 g/mol. The molecule has 0 saturated carbocycles. The summed E-state index contributed by atoms with van der Waals surface area (Å²) in [4.78, 5) is 17.5. The predicted octanol–water partition coefficient (Wildman–Crippen LogP) is 5.66. The van der Waals surface area contributed by atoms with Crippen molar-refractivity contribution in [1.29, 1.82) is 0 Å². The number of anilines is 1. The first-order valence-electron chi connectivity index (χ1n) is 14.2. The topological polar surface area (TPSA) is 91.8 Å². The molecule has 1 amide bonds. The SMILES string of the molecule is CCc1cc(S(C)(=O)=O)ccc1N(C(C)=O)C1CCN(CC[C@H](c2ccc(S(C)(=O)=O)cc2)c2cccc(F)c2)CC1.Cl. The van der Waals surface area contributed by atoms with Gasteiger partial charge in [-0.05, 0) is 91.4 Å². The normalized spacial score (nSPS) is 15.5. The third kappa shape index (κ3) is 8.65. The van der Waals surface area contributed by atoms with Crippen molar-refractivity contribution in [2.24, 2.45) is 0 Å². The van der Waals surface area contributed by atoms with Crippen LogP contribution in [0.3, 0.4) is 0 Å². The predicted molar refractivity (Wildman–Crippen MR) is 171 cm³/mol. The number of halogens is 2. The van der Waals surface area contributed by atoms with Gasteiger partial charge in [-0.3, -0.25) is 4.79 Å². The highest BCUT2D eigenvalue weighted by atomic mass is 35.5. The second-order valence-electron chi connectivity index (χ2n) is 11.1. The van der Waals surface area contributed by atoms with Crippen LogP contribution in [-0.4, -0.2) is 65.8 Å². The van der Waals surface area contributed by atoms with Crippen LogP contribution in [0.4, 0.5) is 10.1 Å². The standard InChI is InChI=1S/C32H39FN2O5S2.ClH/c1-5-24-22-30(42(4,39)40)13-14-32(24)35(23(2)36)28-15-18-34(19-16-28)20-17-31(26-7-6-8-27(33)21-26)25-9-11-29(12-10-25)41(3,37)38;/h6-14,21-22,28,31H,5,15-20H2,1-4H3;1H/t31-;/m1./s1. The molecule has 3 aromatic rings. The minimum absolute atomic E-state index is 0. The van der Waals surface area contributed by atoms with Crippen molar-refractivity contribution in [3.8, 4) is 0 Å². The van der Waals surface area contributed by atoms with Crippen molar-refractivity contribution in [2.45, 2.75) is 61.3 Å². The summed E-state index contributed by atoms with van der Waals surface area (Å²) in [5, 5.41) is 0. The number of hydrogen-bond acceptors (Lipinski definition) is 6. The molecular formula is C32H40ClFN2O5S2. The van der Waals surface area contributed by atoms with Crippen LogP contribution < -0.4 is 4.90 Å². The second kappa shape index (κ2) is 14.3. The molecule has 1 atom stereocenters. The van der Waals surface area contributed by atoms with Gasteiger partial charge in [-0.25, -0.2) is 21.2 Å². The lowest BCUT2D eigenvalue weighted by molar-refractivity contribution is -0.117. The van der Waals surface area contributed by atoms with Crippen molar-refractivity contribution >= 4 is 43.7 Å². The fraction of sp³-hybridized carbons (Fsp3) is 0.406. The van der Waals surface area contributed by atoms with Gasteiger partial charge < -0.3 is 9.80 Å². The molecule has 0 aliphatic carbocycles. The van der Waals surface area contributed by atoms with Crippen LogP contribution in [-0.2, 0) is 30.9 Å². The first-order chi connectivity index (χ1) is 19.8. The Labute approximate surface area is 261 Å². The Bertz CT molecular complexity index is 1640. The summed E-state index contributed by atoms with van der Waals surface area (Å²) in [6.45, 7) is 5.82. The van der Waals surface area contributed by atoms with Crippen molar-refractivity contribution < 1.29 is 26.0 Å². The zero-order chi connectivity index (χ0) is 30.7. The maximum atomic E-state index is 14.2. The molecule has 4 rings (SSSR count). The van der Waals surface area contributed by atoms with Crippen molar-refractivity contribution in [3.05, 3.63) is 89.2 Å². The summed E-state index contributed by atoms with van der Waals surface area (Å²) in [6, 6.07) is 18.4. The first-order valence-corrected chi connectivity index (χ1v) is 18.0. The highest BCUT2D eigenvalue weighted by molar-refractivity contribution is 7.91. The number of nitrogens with zero attached hydrogens (tertiary/aromatic N) is 2. The molecule has 1 saturated heterocycles. The Hall–Kier alpha value is -2.79. The Kier molecular flexibility index (Phi) is 11.6. The highest BCUT2D eigenvalue weighted by Gasteiger charge is 2.29. The summed E-state index contributed by atoms with van der Waals surface area (Å²) < 4.78 is 62.2. The molecule has 0 unspecified atom stereocenters. The molecule has 234 valence electrons. The van der Waals surface area contributed by atoms with E-state index in [-0.39, 0.29) is 45.9 Å². The fourth-order valence-electron chi connectivity index (χ4n) is 5.84. The second-order valence-corrected chi connectivity index (χ2v) is 15.1. The van der Waals surface area contributed by atoms with E-state index in [0.29, 0.717) is 6.42 Å². The van der Waals surface area contributed by atoms with Gasteiger partial charge in [0, 0.05) is 50.2 Å². The van der Waals surface area contributed by atoms with Crippen LogP contribution >= 0.6 is 12.4 Å². The Morgan fingerprint density at radius 2 is 1.51 bits per heavy atom. The van der Waals surface area contributed by atoms with E-state index in [0.717, 1.165) is 61.3 Å². The van der Waals surface area contributed by atoms with E-state index in [2.05, 4.69) is 4.90 Å². The Morgan fingerprint density at radius 3 is 2.05 bits per heavy atom. The molecule has 1 aliphatic rings. The lowest BCUT2D eigenvalue weighted by Gasteiger charge is -2.39. The Balaban J connectivity index is 0.00000506. The van der Waals surface area contributed by atoms with Gasteiger partial charge in [0.2, 0.25) is 5.91 Å². The zero-order valence-electron chi connectivity index (χ0n) is 25.0. The number of sulfone groups is 2. The van der Waals surface area contributed by atoms with Crippen molar-refractivity contribution in [1.82, 2.24) is 4.90 Å². The third-order valence-electron chi connectivity index (χ3n) is 8.08. The van der Waals surface area contributed by atoms with Gasteiger partial charge in [0.1, 0.15) is 5.82 Å². The first kappa shape index (κ1) is 34.7. The van der Waals surface area contributed by atoms with Gasteiger partial charge in [0.05, 0.1) is 9.79 Å². The van der Waals surface area contributed by atoms with E-state index in [4.69, 9.17) is 0 Å². The van der Waals surface area contributed by atoms with Gasteiger partial charge in [-0.2, -0.15) is 0 Å². The number of carbonyl (C=O) groups excluding carboxylic acids is 1. The highest BCUT2D eigenvalue weighted by Crippen LogP contribution is 2.32.